The topological polar surface area (TPSA) is 43.8 Å². The minimum absolute atomic E-state index is 0.242. The molecule has 3 nitrogen and oxygen atoms in total. The minimum atomic E-state index is 0.242. The first-order valence-electron chi connectivity index (χ1n) is 7.48. The van der Waals surface area contributed by atoms with E-state index >= 15 is 0 Å². The van der Waals surface area contributed by atoms with Crippen molar-refractivity contribution in [2.45, 2.75) is 32.4 Å². The quantitative estimate of drug-likeness (QED) is 0.778. The third kappa shape index (κ3) is 3.14. The zero-order valence-electron chi connectivity index (χ0n) is 12.4. The molecule has 3 heteroatoms. The maximum absolute atomic E-state index is 6.07. The Morgan fingerprint density at radius 2 is 1.90 bits per heavy atom. The molecule has 0 aliphatic carbocycles. The average molecular weight is 279 g/mol. The highest BCUT2D eigenvalue weighted by atomic mass is 14.9. The van der Waals surface area contributed by atoms with E-state index in [1.165, 1.54) is 22.0 Å². The lowest BCUT2D eigenvalue weighted by atomic mass is 10.0. The largest absolute Gasteiger partial charge is 0.343 e. The summed E-state index contributed by atoms with van der Waals surface area (Å²) in [6, 6.07) is 13.2. The first kappa shape index (κ1) is 13.8. The summed E-state index contributed by atoms with van der Waals surface area (Å²) in [5.41, 5.74) is 9.92. The van der Waals surface area contributed by atoms with Gasteiger partial charge in [0.25, 0.3) is 0 Å². The summed E-state index contributed by atoms with van der Waals surface area (Å²) in [6.07, 6.45) is 7.77. The van der Waals surface area contributed by atoms with Gasteiger partial charge in [0.2, 0.25) is 0 Å². The molecule has 2 heterocycles. The molecule has 0 fully saturated rings. The normalized spacial score (nSPS) is 12.7. The first-order chi connectivity index (χ1) is 10.3. The van der Waals surface area contributed by atoms with Gasteiger partial charge in [-0.1, -0.05) is 19.1 Å². The Bertz CT molecular complexity index is 716. The molecule has 0 saturated carbocycles. The predicted octanol–water partition coefficient (Wildman–Crippen LogP) is 3.36. The maximum Gasteiger partial charge on any atom is 0.0486 e. The van der Waals surface area contributed by atoms with Crippen LogP contribution in [0.2, 0.25) is 0 Å². The summed E-state index contributed by atoms with van der Waals surface area (Å²) >= 11 is 0. The number of fused-ring (bicyclic) bond motifs is 1. The first-order valence-corrected chi connectivity index (χ1v) is 7.48. The summed E-state index contributed by atoms with van der Waals surface area (Å²) < 4.78 is 2.28. The summed E-state index contributed by atoms with van der Waals surface area (Å²) in [5, 5.41) is 1.28. The third-order valence-electron chi connectivity index (χ3n) is 3.96. The lowest BCUT2D eigenvalue weighted by Crippen LogP contribution is -2.21. The van der Waals surface area contributed by atoms with Gasteiger partial charge in [-0.2, -0.15) is 0 Å². The number of nitrogens with zero attached hydrogens (tertiary/aromatic N) is 2. The second-order valence-electron chi connectivity index (χ2n) is 5.56. The zero-order valence-corrected chi connectivity index (χ0v) is 12.4. The highest BCUT2D eigenvalue weighted by Crippen LogP contribution is 2.20. The predicted molar refractivity (Wildman–Crippen MR) is 87.2 cm³/mol. The highest BCUT2D eigenvalue weighted by molar-refractivity contribution is 5.81. The molecule has 0 aliphatic heterocycles. The van der Waals surface area contributed by atoms with Gasteiger partial charge in [0, 0.05) is 36.7 Å². The van der Waals surface area contributed by atoms with Gasteiger partial charge >= 0.3 is 0 Å². The van der Waals surface area contributed by atoms with E-state index in [0.717, 1.165) is 19.4 Å². The van der Waals surface area contributed by atoms with Crippen molar-refractivity contribution in [2.75, 3.05) is 0 Å². The number of aromatic nitrogens is 2. The van der Waals surface area contributed by atoms with Crippen molar-refractivity contribution in [3.05, 3.63) is 66.1 Å². The van der Waals surface area contributed by atoms with Gasteiger partial charge in [0.1, 0.15) is 0 Å². The summed E-state index contributed by atoms with van der Waals surface area (Å²) in [5.74, 6) is 0. The number of rotatable bonds is 5. The number of hydrogen-bond acceptors (Lipinski definition) is 2. The second-order valence-corrected chi connectivity index (χ2v) is 5.56. The Balaban J connectivity index is 1.90. The molecule has 1 atom stereocenters. The smallest absolute Gasteiger partial charge is 0.0486 e. The summed E-state index contributed by atoms with van der Waals surface area (Å²) in [4.78, 5) is 4.07. The van der Waals surface area contributed by atoms with Gasteiger partial charge in [0.15, 0.2) is 0 Å². The van der Waals surface area contributed by atoms with Gasteiger partial charge in [-0.3, -0.25) is 4.98 Å². The van der Waals surface area contributed by atoms with Crippen LogP contribution < -0.4 is 5.73 Å². The fourth-order valence-corrected chi connectivity index (χ4v) is 2.63. The fraction of sp³-hybridized carbons (Fsp3) is 0.278. The van der Waals surface area contributed by atoms with Crippen LogP contribution in [0.5, 0.6) is 0 Å². The summed E-state index contributed by atoms with van der Waals surface area (Å²) in [6.45, 7) is 3.00. The van der Waals surface area contributed by atoms with E-state index in [1.54, 1.807) is 0 Å². The Hall–Kier alpha value is -2.13. The average Bonchev–Trinajstić information content (AvgIpc) is 2.91. The van der Waals surface area contributed by atoms with Crippen molar-refractivity contribution in [2.24, 2.45) is 5.73 Å². The van der Waals surface area contributed by atoms with E-state index in [-0.39, 0.29) is 6.04 Å². The van der Waals surface area contributed by atoms with Gasteiger partial charge < -0.3 is 10.3 Å². The molecule has 21 heavy (non-hydrogen) atoms. The molecule has 0 spiro atoms. The van der Waals surface area contributed by atoms with Crippen molar-refractivity contribution < 1.29 is 0 Å². The molecule has 2 N–H and O–H groups in total. The summed E-state index contributed by atoms with van der Waals surface area (Å²) in [7, 11) is 0. The number of hydrogen-bond donors (Lipinski definition) is 1. The Morgan fingerprint density at radius 3 is 2.67 bits per heavy atom. The van der Waals surface area contributed by atoms with Crippen LogP contribution in [-0.2, 0) is 13.0 Å². The zero-order chi connectivity index (χ0) is 14.7. The number of nitrogens with two attached hydrogens (primary N) is 1. The fourth-order valence-electron chi connectivity index (χ4n) is 2.63. The molecule has 1 unspecified atom stereocenters. The standard InChI is InChI=1S/C18H21N3/c1-2-17(19)11-15-3-4-16-7-10-21(18(16)12-15)13-14-5-8-20-9-6-14/h3-10,12,17H,2,11,13,19H2,1H3. The van der Waals surface area contributed by atoms with Crippen LogP contribution >= 0.6 is 0 Å². The van der Waals surface area contributed by atoms with Crippen LogP contribution in [0.25, 0.3) is 10.9 Å². The second kappa shape index (κ2) is 6.10. The lowest BCUT2D eigenvalue weighted by Gasteiger charge is -2.10. The van der Waals surface area contributed by atoms with Gasteiger partial charge in [-0.25, -0.2) is 0 Å². The molecular formula is C18H21N3. The van der Waals surface area contributed by atoms with Crippen LogP contribution in [0.4, 0.5) is 0 Å². The molecule has 1 aromatic carbocycles. The number of pyridine rings is 1. The van der Waals surface area contributed by atoms with Crippen molar-refractivity contribution in [3.8, 4) is 0 Å². The van der Waals surface area contributed by atoms with Gasteiger partial charge in [-0.15, -0.1) is 0 Å². The van der Waals surface area contributed by atoms with Crippen molar-refractivity contribution in [1.29, 1.82) is 0 Å². The van der Waals surface area contributed by atoms with E-state index in [4.69, 9.17) is 5.73 Å². The molecule has 108 valence electrons. The third-order valence-corrected chi connectivity index (χ3v) is 3.96. The maximum atomic E-state index is 6.07. The van der Waals surface area contributed by atoms with Crippen LogP contribution in [0.3, 0.4) is 0 Å². The molecule has 0 amide bonds. The monoisotopic (exact) mass is 279 g/mol. The lowest BCUT2D eigenvalue weighted by molar-refractivity contribution is 0.646. The van der Waals surface area contributed by atoms with E-state index in [0.29, 0.717) is 0 Å². The molecule has 0 radical (unpaired) electrons. The van der Waals surface area contributed by atoms with Crippen LogP contribution in [0.1, 0.15) is 24.5 Å². The molecule has 0 aliphatic rings. The molecule has 3 aromatic rings. The van der Waals surface area contributed by atoms with Crippen LogP contribution in [0, 0.1) is 0 Å². The highest BCUT2D eigenvalue weighted by Gasteiger charge is 2.06. The van der Waals surface area contributed by atoms with Crippen LogP contribution in [-0.4, -0.2) is 15.6 Å². The molecule has 2 aromatic heterocycles. The van der Waals surface area contributed by atoms with Crippen molar-refractivity contribution in [3.63, 3.8) is 0 Å². The Morgan fingerprint density at radius 1 is 1.10 bits per heavy atom. The van der Waals surface area contributed by atoms with Gasteiger partial charge in [-0.05, 0) is 53.6 Å². The molecule has 0 bridgehead atoms. The van der Waals surface area contributed by atoms with E-state index in [2.05, 4.69) is 59.1 Å². The van der Waals surface area contributed by atoms with E-state index in [1.807, 2.05) is 12.4 Å². The van der Waals surface area contributed by atoms with Crippen molar-refractivity contribution >= 4 is 10.9 Å². The van der Waals surface area contributed by atoms with Crippen molar-refractivity contribution in [1.82, 2.24) is 9.55 Å². The van der Waals surface area contributed by atoms with Crippen LogP contribution in [0.15, 0.2) is 55.0 Å². The molecular weight excluding hydrogens is 258 g/mol. The van der Waals surface area contributed by atoms with E-state index in [9.17, 15) is 0 Å². The Kier molecular flexibility index (Phi) is 4.02. The van der Waals surface area contributed by atoms with E-state index < -0.39 is 0 Å². The molecule has 3 rings (SSSR count). The minimum Gasteiger partial charge on any atom is -0.343 e. The SMILES string of the molecule is CCC(N)Cc1ccc2ccn(Cc3ccncc3)c2c1. The molecule has 0 saturated heterocycles. The number of benzene rings is 1. The Labute approximate surface area is 125 Å². The van der Waals surface area contributed by atoms with Gasteiger partial charge in [0.05, 0.1) is 0 Å².